The van der Waals surface area contributed by atoms with Crippen molar-refractivity contribution in [1.82, 2.24) is 0 Å². The molecule has 1 aromatic carbocycles. The fourth-order valence-electron chi connectivity index (χ4n) is 0.990. The van der Waals surface area contributed by atoms with Crippen LogP contribution >= 0.6 is 11.6 Å². The second-order valence-electron chi connectivity index (χ2n) is 2.58. The van der Waals surface area contributed by atoms with Crippen LogP contribution in [-0.2, 0) is 0 Å². The van der Waals surface area contributed by atoms with Crippen molar-refractivity contribution in [3.63, 3.8) is 0 Å². The number of nitrogens with two attached hydrogens (primary N) is 1. The zero-order chi connectivity index (χ0) is 9.30. The maximum atomic E-state index is 8.89. The Balaban J connectivity index is 3.28. The van der Waals surface area contributed by atoms with Gasteiger partial charge >= 0.3 is 0 Å². The Morgan fingerprint density at radius 1 is 1.42 bits per heavy atom. The van der Waals surface area contributed by atoms with Crippen molar-refractivity contribution in [2.24, 2.45) is 0 Å². The Morgan fingerprint density at radius 3 is 2.50 bits per heavy atom. The maximum Gasteiger partial charge on any atom is 0.178 e. The first-order valence-electron chi connectivity index (χ1n) is 3.44. The van der Waals surface area contributed by atoms with Crippen molar-refractivity contribution in [1.29, 1.82) is 0 Å². The van der Waals surface area contributed by atoms with Gasteiger partial charge in [0.05, 0.1) is 0 Å². The zero-order valence-electron chi connectivity index (χ0n) is 6.58. The second kappa shape index (κ2) is 3.31. The van der Waals surface area contributed by atoms with Gasteiger partial charge in [0, 0.05) is 16.3 Å². The standard InChI is InChI=1S/C8H10ClNO2/c1-4-6(8(11)12)2-5(9)3-7(4)10/h2-3,8,11-12H,10H2,1H3. The minimum atomic E-state index is -1.52. The van der Waals surface area contributed by atoms with E-state index in [0.717, 1.165) is 0 Å². The number of aliphatic hydroxyl groups excluding tert-OH is 1. The molecule has 66 valence electrons. The summed E-state index contributed by atoms with van der Waals surface area (Å²) in [5.74, 6) is 0. The topological polar surface area (TPSA) is 66.5 Å². The average Bonchev–Trinajstić information content (AvgIpc) is 1.96. The summed E-state index contributed by atoms with van der Waals surface area (Å²) in [5, 5.41) is 18.2. The molecule has 0 heterocycles. The summed E-state index contributed by atoms with van der Waals surface area (Å²) >= 11 is 5.66. The molecule has 0 atom stereocenters. The zero-order valence-corrected chi connectivity index (χ0v) is 7.34. The van der Waals surface area contributed by atoms with Crippen LogP contribution in [0.15, 0.2) is 12.1 Å². The third-order valence-electron chi connectivity index (χ3n) is 1.73. The molecule has 0 saturated carbocycles. The van der Waals surface area contributed by atoms with Crippen LogP contribution in [0.25, 0.3) is 0 Å². The first-order chi connectivity index (χ1) is 5.52. The van der Waals surface area contributed by atoms with E-state index in [2.05, 4.69) is 0 Å². The van der Waals surface area contributed by atoms with Gasteiger partial charge in [0.1, 0.15) is 0 Å². The predicted octanol–water partition coefficient (Wildman–Crippen LogP) is 1.21. The Bertz CT molecular complexity index is 299. The molecule has 4 N–H and O–H groups in total. The van der Waals surface area contributed by atoms with E-state index >= 15 is 0 Å². The van der Waals surface area contributed by atoms with Crippen LogP contribution in [0.4, 0.5) is 5.69 Å². The van der Waals surface area contributed by atoms with E-state index in [1.54, 1.807) is 13.0 Å². The van der Waals surface area contributed by atoms with Gasteiger partial charge in [-0.3, -0.25) is 0 Å². The van der Waals surface area contributed by atoms with Gasteiger partial charge in [-0.1, -0.05) is 11.6 Å². The summed E-state index contributed by atoms with van der Waals surface area (Å²) in [6, 6.07) is 3.06. The summed E-state index contributed by atoms with van der Waals surface area (Å²) in [4.78, 5) is 0. The molecular weight excluding hydrogens is 178 g/mol. The van der Waals surface area contributed by atoms with Crippen LogP contribution < -0.4 is 5.73 Å². The number of benzene rings is 1. The summed E-state index contributed by atoms with van der Waals surface area (Å²) in [6.45, 7) is 1.71. The van der Waals surface area contributed by atoms with E-state index in [1.807, 2.05) is 0 Å². The van der Waals surface area contributed by atoms with Crippen LogP contribution in [0, 0.1) is 6.92 Å². The highest BCUT2D eigenvalue weighted by Crippen LogP contribution is 2.25. The highest BCUT2D eigenvalue weighted by Gasteiger charge is 2.09. The van der Waals surface area contributed by atoms with Gasteiger partial charge in [-0.05, 0) is 24.6 Å². The normalized spacial score (nSPS) is 10.8. The van der Waals surface area contributed by atoms with Gasteiger partial charge < -0.3 is 15.9 Å². The lowest BCUT2D eigenvalue weighted by Crippen LogP contribution is -2.01. The SMILES string of the molecule is Cc1c(N)cc(Cl)cc1C(O)O. The summed E-state index contributed by atoms with van der Waals surface area (Å²) in [6.07, 6.45) is -1.52. The minimum Gasteiger partial charge on any atom is -0.398 e. The summed E-state index contributed by atoms with van der Waals surface area (Å²) in [5.41, 5.74) is 7.01. The van der Waals surface area contributed by atoms with Gasteiger partial charge in [-0.2, -0.15) is 0 Å². The van der Waals surface area contributed by atoms with Gasteiger partial charge in [0.25, 0.3) is 0 Å². The van der Waals surface area contributed by atoms with Gasteiger partial charge in [-0.25, -0.2) is 0 Å². The molecule has 0 bridgehead atoms. The monoisotopic (exact) mass is 187 g/mol. The molecule has 0 amide bonds. The molecular formula is C8H10ClNO2. The molecule has 0 spiro atoms. The van der Waals surface area contributed by atoms with Crippen molar-refractivity contribution >= 4 is 17.3 Å². The number of halogens is 1. The van der Waals surface area contributed by atoms with Crippen LogP contribution in [0.3, 0.4) is 0 Å². The van der Waals surface area contributed by atoms with Crippen molar-refractivity contribution < 1.29 is 10.2 Å². The smallest absolute Gasteiger partial charge is 0.178 e. The molecule has 12 heavy (non-hydrogen) atoms. The second-order valence-corrected chi connectivity index (χ2v) is 3.02. The molecule has 4 heteroatoms. The predicted molar refractivity (Wildman–Crippen MR) is 47.8 cm³/mol. The highest BCUT2D eigenvalue weighted by atomic mass is 35.5. The summed E-state index contributed by atoms with van der Waals surface area (Å²) in [7, 11) is 0. The molecule has 3 nitrogen and oxygen atoms in total. The first-order valence-corrected chi connectivity index (χ1v) is 3.82. The third-order valence-corrected chi connectivity index (χ3v) is 1.95. The molecule has 0 saturated heterocycles. The molecule has 0 unspecified atom stereocenters. The molecule has 0 aliphatic rings. The molecule has 0 radical (unpaired) electrons. The number of nitrogen functional groups attached to an aromatic ring is 1. The Hall–Kier alpha value is -0.770. The number of hydrogen-bond donors (Lipinski definition) is 3. The van der Waals surface area contributed by atoms with E-state index in [4.69, 9.17) is 27.5 Å². The van der Waals surface area contributed by atoms with E-state index in [9.17, 15) is 0 Å². The number of aliphatic hydroxyl groups is 2. The van der Waals surface area contributed by atoms with Gasteiger partial charge in [0.2, 0.25) is 0 Å². The fourth-order valence-corrected chi connectivity index (χ4v) is 1.23. The lowest BCUT2D eigenvalue weighted by Gasteiger charge is -2.10. The summed E-state index contributed by atoms with van der Waals surface area (Å²) < 4.78 is 0. The lowest BCUT2D eigenvalue weighted by atomic mass is 10.1. The van der Waals surface area contributed by atoms with Crippen LogP contribution in [0.2, 0.25) is 5.02 Å². The van der Waals surface area contributed by atoms with Crippen molar-refractivity contribution in [2.75, 3.05) is 5.73 Å². The maximum absolute atomic E-state index is 8.89. The number of anilines is 1. The van der Waals surface area contributed by atoms with E-state index in [1.165, 1.54) is 6.07 Å². The van der Waals surface area contributed by atoms with E-state index < -0.39 is 6.29 Å². The first kappa shape index (κ1) is 9.32. The molecule has 0 aliphatic heterocycles. The van der Waals surface area contributed by atoms with E-state index in [0.29, 0.717) is 21.8 Å². The average molecular weight is 188 g/mol. The van der Waals surface area contributed by atoms with Gasteiger partial charge in [0.15, 0.2) is 6.29 Å². The molecule has 0 aliphatic carbocycles. The van der Waals surface area contributed by atoms with Crippen LogP contribution in [0.5, 0.6) is 0 Å². The van der Waals surface area contributed by atoms with Crippen LogP contribution in [0.1, 0.15) is 17.4 Å². The third kappa shape index (κ3) is 1.69. The van der Waals surface area contributed by atoms with Crippen molar-refractivity contribution in [3.8, 4) is 0 Å². The number of rotatable bonds is 1. The fraction of sp³-hybridized carbons (Fsp3) is 0.250. The molecule has 0 aromatic heterocycles. The van der Waals surface area contributed by atoms with Crippen LogP contribution in [-0.4, -0.2) is 10.2 Å². The Kier molecular flexibility index (Phi) is 2.57. The van der Waals surface area contributed by atoms with Crippen molar-refractivity contribution in [2.45, 2.75) is 13.2 Å². The largest absolute Gasteiger partial charge is 0.398 e. The highest BCUT2D eigenvalue weighted by molar-refractivity contribution is 6.31. The Labute approximate surface area is 75.4 Å². The minimum absolute atomic E-state index is 0.347. The molecule has 1 aromatic rings. The molecule has 0 fully saturated rings. The molecule has 1 rings (SSSR count). The van der Waals surface area contributed by atoms with Crippen molar-refractivity contribution in [3.05, 3.63) is 28.3 Å². The quantitative estimate of drug-likeness (QED) is 0.458. The lowest BCUT2D eigenvalue weighted by molar-refractivity contribution is -0.0428. The van der Waals surface area contributed by atoms with E-state index in [-0.39, 0.29) is 0 Å². The Morgan fingerprint density at radius 2 is 2.00 bits per heavy atom. The number of hydrogen-bond acceptors (Lipinski definition) is 3. The van der Waals surface area contributed by atoms with Gasteiger partial charge in [-0.15, -0.1) is 0 Å².